The quantitative estimate of drug-likeness (QED) is 0.437. The van der Waals surface area contributed by atoms with E-state index in [1.165, 1.54) is 5.39 Å². The third kappa shape index (κ3) is 3.77. The molecule has 0 N–H and O–H groups in total. The fourth-order valence-corrected chi connectivity index (χ4v) is 5.85. The molecule has 1 aliphatic heterocycles. The summed E-state index contributed by atoms with van der Waals surface area (Å²) >= 11 is 1.68. The van der Waals surface area contributed by atoms with Crippen LogP contribution in [0.5, 0.6) is 0 Å². The molecule has 0 bridgehead atoms. The lowest BCUT2D eigenvalue weighted by atomic mass is 10.0. The van der Waals surface area contributed by atoms with Crippen molar-refractivity contribution in [3.05, 3.63) is 57.6 Å². The standard InChI is InChI=1S/C25H29N7OS/c1-5-20-15-30(22-12-23(33)29(4)32-14-19(8-10-26)27-24(22)32)16(2)13-31(20)17(3)21-7-6-18-9-11-34-25(18)28-21/h6-7,9,11-12,14,16-17,20H,5,8,13,15H2,1-4H3/t16-,17?,20+/m0/s1. The number of nitrogens with zero attached hydrogens (tertiary/aromatic N) is 7. The van der Waals surface area contributed by atoms with Gasteiger partial charge in [0.15, 0.2) is 5.65 Å². The van der Waals surface area contributed by atoms with Gasteiger partial charge in [-0.3, -0.25) is 9.69 Å². The van der Waals surface area contributed by atoms with Gasteiger partial charge in [-0.05, 0) is 37.8 Å². The fourth-order valence-electron chi connectivity index (χ4n) is 5.08. The maximum absolute atomic E-state index is 12.8. The van der Waals surface area contributed by atoms with Crippen LogP contribution in [-0.2, 0) is 13.5 Å². The Labute approximate surface area is 202 Å². The molecule has 5 heterocycles. The van der Waals surface area contributed by atoms with Gasteiger partial charge in [0.2, 0.25) is 0 Å². The molecular weight excluding hydrogens is 446 g/mol. The zero-order valence-corrected chi connectivity index (χ0v) is 20.8. The Kier molecular flexibility index (Phi) is 5.88. The predicted molar refractivity (Wildman–Crippen MR) is 135 cm³/mol. The molecule has 0 aromatic carbocycles. The molecular formula is C25H29N7OS. The summed E-state index contributed by atoms with van der Waals surface area (Å²) in [5, 5.41) is 12.4. The normalized spacial score (nSPS) is 20.1. The van der Waals surface area contributed by atoms with Crippen LogP contribution in [0.25, 0.3) is 15.9 Å². The van der Waals surface area contributed by atoms with Gasteiger partial charge in [-0.2, -0.15) is 5.26 Å². The van der Waals surface area contributed by atoms with E-state index in [1.807, 2.05) is 0 Å². The molecule has 4 aromatic heterocycles. The number of hydrogen-bond acceptors (Lipinski definition) is 7. The molecule has 1 fully saturated rings. The van der Waals surface area contributed by atoms with Crippen molar-refractivity contribution in [3.8, 4) is 6.07 Å². The number of pyridine rings is 1. The molecule has 0 spiro atoms. The highest BCUT2D eigenvalue weighted by Gasteiger charge is 2.35. The van der Waals surface area contributed by atoms with Crippen molar-refractivity contribution in [3.63, 3.8) is 0 Å². The first-order valence-electron chi connectivity index (χ1n) is 11.7. The van der Waals surface area contributed by atoms with Crippen molar-refractivity contribution in [1.29, 1.82) is 5.26 Å². The number of imidazole rings is 1. The largest absolute Gasteiger partial charge is 0.363 e. The third-order valence-electron chi connectivity index (χ3n) is 7.06. The van der Waals surface area contributed by atoms with E-state index in [0.717, 1.165) is 41.4 Å². The van der Waals surface area contributed by atoms with Gasteiger partial charge in [0.05, 0.1) is 35.8 Å². The van der Waals surface area contributed by atoms with Gasteiger partial charge in [0, 0.05) is 49.7 Å². The van der Waals surface area contributed by atoms with Gasteiger partial charge in [-0.1, -0.05) is 13.0 Å². The Morgan fingerprint density at radius 2 is 2.09 bits per heavy atom. The zero-order valence-electron chi connectivity index (χ0n) is 20.0. The molecule has 0 saturated carbocycles. The Balaban J connectivity index is 1.48. The van der Waals surface area contributed by atoms with Crippen LogP contribution >= 0.6 is 11.3 Å². The summed E-state index contributed by atoms with van der Waals surface area (Å²) in [4.78, 5) is 28.4. The molecule has 9 heteroatoms. The van der Waals surface area contributed by atoms with Gasteiger partial charge < -0.3 is 4.90 Å². The maximum Gasteiger partial charge on any atom is 0.267 e. The zero-order chi connectivity index (χ0) is 24.0. The minimum Gasteiger partial charge on any atom is -0.363 e. The predicted octanol–water partition coefficient (Wildman–Crippen LogP) is 3.76. The number of rotatable bonds is 5. The number of aryl methyl sites for hydroxylation is 1. The van der Waals surface area contributed by atoms with Gasteiger partial charge >= 0.3 is 0 Å². The van der Waals surface area contributed by atoms with Gasteiger partial charge in [-0.15, -0.1) is 11.3 Å². The summed E-state index contributed by atoms with van der Waals surface area (Å²) in [6, 6.07) is 11.0. The van der Waals surface area contributed by atoms with Crippen LogP contribution in [0.1, 0.15) is 44.6 Å². The van der Waals surface area contributed by atoms with Crippen LogP contribution in [0.2, 0.25) is 0 Å². The lowest BCUT2D eigenvalue weighted by Gasteiger charge is -2.48. The Hall–Kier alpha value is -3.22. The Morgan fingerprint density at radius 3 is 2.85 bits per heavy atom. The van der Waals surface area contributed by atoms with E-state index >= 15 is 0 Å². The summed E-state index contributed by atoms with van der Waals surface area (Å²) in [6.45, 7) is 8.32. The first-order chi connectivity index (χ1) is 16.4. The molecule has 3 atom stereocenters. The van der Waals surface area contributed by atoms with Crippen LogP contribution < -0.4 is 10.5 Å². The number of thiophene rings is 1. The lowest BCUT2D eigenvalue weighted by Crippen LogP contribution is -2.58. The average Bonchev–Trinajstić information content (AvgIpc) is 3.48. The second kappa shape index (κ2) is 8.85. The monoisotopic (exact) mass is 475 g/mol. The van der Waals surface area contributed by atoms with Gasteiger partial charge in [0.1, 0.15) is 4.83 Å². The maximum atomic E-state index is 12.8. The molecule has 1 unspecified atom stereocenters. The van der Waals surface area contributed by atoms with Gasteiger partial charge in [-0.25, -0.2) is 19.2 Å². The van der Waals surface area contributed by atoms with Crippen LogP contribution in [0.15, 0.2) is 40.6 Å². The van der Waals surface area contributed by atoms with Crippen LogP contribution in [0.3, 0.4) is 0 Å². The molecule has 8 nitrogen and oxygen atoms in total. The number of hydrogen-bond donors (Lipinski definition) is 0. The number of aromatic nitrogens is 4. The highest BCUT2D eigenvalue weighted by molar-refractivity contribution is 7.16. The topological polar surface area (TPSA) is 82.5 Å². The molecule has 0 amide bonds. The first-order valence-corrected chi connectivity index (χ1v) is 12.6. The van der Waals surface area contributed by atoms with Crippen molar-refractivity contribution in [1.82, 2.24) is 24.1 Å². The molecule has 0 aliphatic carbocycles. The minimum absolute atomic E-state index is 0.0899. The van der Waals surface area contributed by atoms with E-state index in [0.29, 0.717) is 11.7 Å². The Bertz CT molecular complexity index is 1450. The second-order valence-electron chi connectivity index (χ2n) is 9.11. The smallest absolute Gasteiger partial charge is 0.267 e. The number of anilines is 1. The molecule has 1 saturated heterocycles. The second-order valence-corrected chi connectivity index (χ2v) is 10.0. The highest BCUT2D eigenvalue weighted by atomic mass is 32.1. The summed E-state index contributed by atoms with van der Waals surface area (Å²) in [5.74, 6) is 0. The molecule has 0 radical (unpaired) electrons. The van der Waals surface area contributed by atoms with E-state index in [4.69, 9.17) is 15.2 Å². The highest BCUT2D eigenvalue weighted by Crippen LogP contribution is 2.32. The van der Waals surface area contributed by atoms with Crippen LogP contribution in [-0.4, -0.2) is 49.2 Å². The van der Waals surface area contributed by atoms with E-state index in [-0.39, 0.29) is 24.1 Å². The van der Waals surface area contributed by atoms with E-state index in [1.54, 1.807) is 39.8 Å². The van der Waals surface area contributed by atoms with E-state index < -0.39 is 0 Å². The summed E-state index contributed by atoms with van der Waals surface area (Å²) in [7, 11) is 1.73. The number of fused-ring (bicyclic) bond motifs is 2. The Morgan fingerprint density at radius 1 is 1.26 bits per heavy atom. The van der Waals surface area contributed by atoms with Crippen LogP contribution in [0, 0.1) is 11.3 Å². The summed E-state index contributed by atoms with van der Waals surface area (Å²) in [5.41, 5.74) is 3.24. The van der Waals surface area contributed by atoms with Crippen molar-refractivity contribution in [2.75, 3.05) is 18.0 Å². The lowest BCUT2D eigenvalue weighted by molar-refractivity contribution is 0.104. The van der Waals surface area contributed by atoms with Crippen molar-refractivity contribution < 1.29 is 0 Å². The van der Waals surface area contributed by atoms with E-state index in [2.05, 4.69) is 60.2 Å². The number of nitriles is 1. The average molecular weight is 476 g/mol. The first kappa shape index (κ1) is 22.6. The van der Waals surface area contributed by atoms with Crippen LogP contribution in [0.4, 0.5) is 5.69 Å². The summed E-state index contributed by atoms with van der Waals surface area (Å²) in [6.07, 6.45) is 3.00. The molecule has 4 aromatic rings. The minimum atomic E-state index is -0.0899. The van der Waals surface area contributed by atoms with E-state index in [9.17, 15) is 4.79 Å². The third-order valence-corrected chi connectivity index (χ3v) is 7.88. The molecule has 1 aliphatic rings. The van der Waals surface area contributed by atoms with Crippen molar-refractivity contribution in [2.45, 2.75) is 51.7 Å². The van der Waals surface area contributed by atoms with Gasteiger partial charge in [0.25, 0.3) is 5.56 Å². The van der Waals surface area contributed by atoms with Crippen molar-refractivity contribution >= 4 is 32.9 Å². The SMILES string of the molecule is CC[C@@H]1CN(c2cc(=O)n(C)n3cc(CC#N)nc23)[C@@H](C)CN1C(C)c1ccc2ccsc2n1. The molecule has 5 rings (SSSR count). The molecule has 176 valence electrons. The fraction of sp³-hybridized carbons (Fsp3) is 0.440. The summed E-state index contributed by atoms with van der Waals surface area (Å²) < 4.78 is 3.31. The van der Waals surface area contributed by atoms with Crippen molar-refractivity contribution in [2.24, 2.45) is 7.05 Å². The number of piperazine rings is 1. The molecule has 34 heavy (non-hydrogen) atoms.